The quantitative estimate of drug-likeness (QED) is 0.837. The van der Waals surface area contributed by atoms with Crippen LogP contribution in [0.15, 0.2) is 42.1 Å². The fourth-order valence-corrected chi connectivity index (χ4v) is 4.22. The summed E-state index contributed by atoms with van der Waals surface area (Å²) in [4.78, 5) is 6.74. The van der Waals surface area contributed by atoms with Crippen molar-refractivity contribution in [2.75, 3.05) is 13.1 Å². The second-order valence-electron chi connectivity index (χ2n) is 6.67. The van der Waals surface area contributed by atoms with Crippen LogP contribution in [-0.2, 0) is 0 Å². The van der Waals surface area contributed by atoms with Crippen LogP contribution in [0.1, 0.15) is 31.4 Å². The summed E-state index contributed by atoms with van der Waals surface area (Å²) in [5, 5.41) is 21.7. The van der Waals surface area contributed by atoms with Crippen LogP contribution in [0.25, 0.3) is 10.9 Å². The third kappa shape index (κ3) is 2.42. The molecule has 0 aliphatic carbocycles. The summed E-state index contributed by atoms with van der Waals surface area (Å²) in [7, 11) is 0. The lowest BCUT2D eigenvalue weighted by Crippen LogP contribution is -2.52. The largest absolute Gasteiger partial charge is 0.508 e. The van der Waals surface area contributed by atoms with E-state index in [1.807, 2.05) is 6.07 Å². The maximum Gasteiger partial charge on any atom is 0.116 e. The first kappa shape index (κ1) is 14.7. The Morgan fingerprint density at radius 2 is 2.22 bits per heavy atom. The Labute approximate surface area is 136 Å². The molecule has 5 rings (SSSR count). The zero-order valence-electron chi connectivity index (χ0n) is 13.3. The van der Waals surface area contributed by atoms with Crippen molar-refractivity contribution in [1.29, 1.82) is 0 Å². The molecule has 2 bridgehead atoms. The van der Waals surface area contributed by atoms with E-state index in [1.165, 1.54) is 12.0 Å². The van der Waals surface area contributed by atoms with Crippen molar-refractivity contribution < 1.29 is 10.2 Å². The number of piperidine rings is 3. The van der Waals surface area contributed by atoms with Crippen molar-refractivity contribution in [2.45, 2.75) is 31.9 Å². The summed E-state index contributed by atoms with van der Waals surface area (Å²) in [6, 6.07) is 7.16. The lowest BCUT2D eigenvalue weighted by atomic mass is 9.76. The molecule has 1 aromatic carbocycles. The van der Waals surface area contributed by atoms with E-state index in [-0.39, 0.29) is 11.8 Å². The van der Waals surface area contributed by atoms with Gasteiger partial charge in [0.05, 0.1) is 11.6 Å². The van der Waals surface area contributed by atoms with Crippen LogP contribution in [0.4, 0.5) is 0 Å². The van der Waals surface area contributed by atoms with E-state index in [0.717, 1.165) is 36.0 Å². The summed E-state index contributed by atoms with van der Waals surface area (Å²) in [5.74, 6) is 0.812. The molecule has 1 aromatic heterocycles. The number of phenols is 1. The lowest BCUT2D eigenvalue weighted by Gasteiger charge is -2.48. The van der Waals surface area contributed by atoms with Crippen molar-refractivity contribution in [2.24, 2.45) is 5.92 Å². The number of rotatable bonds is 2. The first-order valence-electron chi connectivity index (χ1n) is 8.32. The van der Waals surface area contributed by atoms with Crippen molar-refractivity contribution in [1.82, 2.24) is 9.88 Å². The van der Waals surface area contributed by atoms with Crippen molar-refractivity contribution in [3.05, 3.63) is 47.7 Å². The number of aliphatic hydroxyl groups excluding tert-OH is 1. The number of hydrogen-bond acceptors (Lipinski definition) is 4. The van der Waals surface area contributed by atoms with E-state index in [4.69, 9.17) is 0 Å². The lowest BCUT2D eigenvalue weighted by molar-refractivity contribution is -0.00340. The molecule has 3 saturated heterocycles. The van der Waals surface area contributed by atoms with Gasteiger partial charge >= 0.3 is 0 Å². The van der Waals surface area contributed by atoms with Crippen molar-refractivity contribution >= 4 is 10.9 Å². The summed E-state index contributed by atoms with van der Waals surface area (Å²) in [6.45, 7) is 4.14. The number of hydrogen-bond donors (Lipinski definition) is 2. The molecule has 4 nitrogen and oxygen atoms in total. The molecule has 4 heteroatoms. The molecule has 3 fully saturated rings. The van der Waals surface area contributed by atoms with Crippen LogP contribution < -0.4 is 0 Å². The number of aromatic hydroxyl groups is 1. The smallest absolute Gasteiger partial charge is 0.116 e. The number of aliphatic hydroxyl groups is 1. The van der Waals surface area contributed by atoms with Gasteiger partial charge in [-0.25, -0.2) is 0 Å². The van der Waals surface area contributed by atoms with Gasteiger partial charge in [0.15, 0.2) is 0 Å². The molecule has 3 aliphatic heterocycles. The molecule has 3 aliphatic rings. The topological polar surface area (TPSA) is 56.6 Å². The molecule has 2 N–H and O–H groups in total. The van der Waals surface area contributed by atoms with Gasteiger partial charge in [-0.1, -0.05) is 11.6 Å². The van der Waals surface area contributed by atoms with Gasteiger partial charge in [-0.15, -0.1) is 0 Å². The third-order valence-electron chi connectivity index (χ3n) is 5.48. The predicted molar refractivity (Wildman–Crippen MR) is 90.2 cm³/mol. The second-order valence-corrected chi connectivity index (χ2v) is 6.67. The van der Waals surface area contributed by atoms with Crippen LogP contribution in [0.3, 0.4) is 0 Å². The normalized spacial score (nSPS) is 30.0. The van der Waals surface area contributed by atoms with E-state index in [1.54, 1.807) is 24.4 Å². The minimum atomic E-state index is -0.552. The molecule has 2 aromatic rings. The minimum Gasteiger partial charge on any atom is -0.508 e. The highest BCUT2D eigenvalue weighted by Crippen LogP contribution is 2.41. The maximum absolute atomic E-state index is 11.0. The Hall–Kier alpha value is -1.91. The van der Waals surface area contributed by atoms with Gasteiger partial charge in [0.2, 0.25) is 0 Å². The first-order valence-corrected chi connectivity index (χ1v) is 8.32. The Kier molecular flexibility index (Phi) is 3.58. The van der Waals surface area contributed by atoms with Gasteiger partial charge in [-0.3, -0.25) is 9.88 Å². The third-order valence-corrected chi connectivity index (χ3v) is 5.48. The molecule has 4 heterocycles. The van der Waals surface area contributed by atoms with E-state index in [0.29, 0.717) is 5.92 Å². The fourth-order valence-electron chi connectivity index (χ4n) is 4.22. The summed E-state index contributed by atoms with van der Waals surface area (Å²) >= 11 is 0. The number of pyridine rings is 1. The number of allylic oxidation sites excluding steroid dienone is 1. The molecule has 4 atom stereocenters. The number of phenolic OH excluding ortho intramolecular Hbond substituents is 1. The van der Waals surface area contributed by atoms with E-state index >= 15 is 0 Å². The SMILES string of the molecule is C/C=C1/CN2CC[C@@H]1C[C@@H]2[C@H](O)c1ccnc2ccc(O)cc12. The van der Waals surface area contributed by atoms with E-state index < -0.39 is 6.10 Å². The molecule has 0 spiro atoms. The van der Waals surface area contributed by atoms with Gasteiger partial charge in [0.1, 0.15) is 5.75 Å². The van der Waals surface area contributed by atoms with Gasteiger partial charge in [-0.2, -0.15) is 0 Å². The second kappa shape index (κ2) is 5.62. The highest BCUT2D eigenvalue weighted by atomic mass is 16.3. The zero-order chi connectivity index (χ0) is 16.0. The van der Waals surface area contributed by atoms with Gasteiger partial charge in [-0.05, 0) is 62.1 Å². The summed E-state index contributed by atoms with van der Waals surface area (Å²) < 4.78 is 0. The number of benzene rings is 1. The molecule has 23 heavy (non-hydrogen) atoms. The van der Waals surface area contributed by atoms with Crippen LogP contribution in [0, 0.1) is 5.92 Å². The highest BCUT2D eigenvalue weighted by molar-refractivity contribution is 5.83. The minimum absolute atomic E-state index is 0.144. The summed E-state index contributed by atoms with van der Waals surface area (Å²) in [5.41, 5.74) is 3.19. The van der Waals surface area contributed by atoms with Crippen molar-refractivity contribution in [3.63, 3.8) is 0 Å². The summed E-state index contributed by atoms with van der Waals surface area (Å²) in [6.07, 6.45) is 5.62. The average molecular weight is 310 g/mol. The Balaban J connectivity index is 1.70. The fraction of sp³-hybridized carbons (Fsp3) is 0.421. The molecule has 0 radical (unpaired) electrons. The number of fused-ring (bicyclic) bond motifs is 4. The molecule has 0 amide bonds. The van der Waals surface area contributed by atoms with E-state index in [9.17, 15) is 10.2 Å². The molecule has 0 saturated carbocycles. The van der Waals surface area contributed by atoms with Crippen LogP contribution in [0.2, 0.25) is 0 Å². The monoisotopic (exact) mass is 310 g/mol. The predicted octanol–water partition coefficient (Wildman–Crippen LogP) is 3.01. The zero-order valence-corrected chi connectivity index (χ0v) is 13.3. The van der Waals surface area contributed by atoms with Crippen LogP contribution >= 0.6 is 0 Å². The Bertz CT molecular complexity index is 771. The number of nitrogens with zero attached hydrogens (tertiary/aromatic N) is 2. The number of aromatic nitrogens is 1. The first-order chi connectivity index (χ1) is 11.2. The molecule has 1 unspecified atom stereocenters. The van der Waals surface area contributed by atoms with Crippen molar-refractivity contribution in [3.8, 4) is 5.75 Å². The highest BCUT2D eigenvalue weighted by Gasteiger charge is 2.40. The average Bonchev–Trinajstić information content (AvgIpc) is 2.60. The molecular formula is C19H22N2O2. The van der Waals surface area contributed by atoms with Gasteiger partial charge in [0.25, 0.3) is 0 Å². The maximum atomic E-state index is 11.0. The van der Waals surface area contributed by atoms with Gasteiger partial charge < -0.3 is 10.2 Å². The van der Waals surface area contributed by atoms with Crippen LogP contribution in [-0.4, -0.2) is 39.2 Å². The van der Waals surface area contributed by atoms with Gasteiger partial charge in [0, 0.05) is 24.2 Å². The Morgan fingerprint density at radius 1 is 1.35 bits per heavy atom. The molecular weight excluding hydrogens is 288 g/mol. The standard InChI is InChI=1S/C19H22N2O2/c1-2-12-11-21-8-6-13(12)9-18(21)19(23)15-5-7-20-17-4-3-14(22)10-16(15)17/h2-5,7,10,13,18-19,22-23H,6,8-9,11H2,1H3/b12-2-/t13-,18-,19-/m1/s1. The van der Waals surface area contributed by atoms with E-state index in [2.05, 4.69) is 22.9 Å². The molecule has 120 valence electrons. The Morgan fingerprint density at radius 3 is 2.96 bits per heavy atom. The van der Waals surface area contributed by atoms with Crippen LogP contribution in [0.5, 0.6) is 5.75 Å².